The van der Waals surface area contributed by atoms with Gasteiger partial charge in [-0.3, -0.25) is 9.59 Å². The van der Waals surface area contributed by atoms with Gasteiger partial charge in [-0.1, -0.05) is 29.3 Å². The van der Waals surface area contributed by atoms with Gasteiger partial charge in [0.15, 0.2) is 0 Å². The lowest BCUT2D eigenvalue weighted by Gasteiger charge is -2.17. The van der Waals surface area contributed by atoms with Crippen LogP contribution in [0.25, 0.3) is 0 Å². The van der Waals surface area contributed by atoms with Gasteiger partial charge in [-0.2, -0.15) is 0 Å². The van der Waals surface area contributed by atoms with Crippen molar-refractivity contribution < 1.29 is 14.0 Å². The molecule has 21 heavy (non-hydrogen) atoms. The molecule has 1 aliphatic rings. The molecule has 1 amide bonds. The van der Waals surface area contributed by atoms with Gasteiger partial charge in [0.1, 0.15) is 5.82 Å². The molecule has 0 N–H and O–H groups in total. The van der Waals surface area contributed by atoms with E-state index in [1.54, 1.807) is 0 Å². The quantitative estimate of drug-likeness (QED) is 0.794. The zero-order valence-corrected chi connectivity index (χ0v) is 11.8. The van der Waals surface area contributed by atoms with Crippen molar-refractivity contribution >= 4 is 17.4 Å². The molecule has 0 fully saturated rings. The van der Waals surface area contributed by atoms with Crippen molar-refractivity contribution in [1.82, 2.24) is 0 Å². The number of rotatable bonds is 2. The second-order valence-electron chi connectivity index (χ2n) is 5.38. The van der Waals surface area contributed by atoms with Crippen LogP contribution in [0.5, 0.6) is 0 Å². The fraction of sp³-hybridized carbons (Fsp3) is 0.176. The average molecular weight is 283 g/mol. The Balaban J connectivity index is 2.00. The van der Waals surface area contributed by atoms with Crippen molar-refractivity contribution in [3.8, 4) is 0 Å². The highest BCUT2D eigenvalue weighted by atomic mass is 19.1. The smallest absolute Gasteiger partial charge is 0.299 e. The van der Waals surface area contributed by atoms with Gasteiger partial charge in [0.25, 0.3) is 11.7 Å². The summed E-state index contributed by atoms with van der Waals surface area (Å²) in [5, 5.41) is 0. The van der Waals surface area contributed by atoms with Gasteiger partial charge >= 0.3 is 0 Å². The van der Waals surface area contributed by atoms with Gasteiger partial charge in [0, 0.05) is 0 Å². The highest BCUT2D eigenvalue weighted by molar-refractivity contribution is 6.52. The largest absolute Gasteiger partial charge is 0.300 e. The normalized spacial score (nSPS) is 13.8. The summed E-state index contributed by atoms with van der Waals surface area (Å²) < 4.78 is 13.2. The zero-order valence-electron chi connectivity index (χ0n) is 11.8. The number of hydrogen-bond acceptors (Lipinski definition) is 2. The summed E-state index contributed by atoms with van der Waals surface area (Å²) in [4.78, 5) is 25.4. The molecule has 4 heteroatoms. The molecule has 0 aromatic heterocycles. The van der Waals surface area contributed by atoms with E-state index in [-0.39, 0.29) is 5.56 Å². The van der Waals surface area contributed by atoms with Crippen molar-refractivity contribution in [2.24, 2.45) is 0 Å². The number of hydrogen-bond donors (Lipinski definition) is 0. The Bertz CT molecular complexity index is 747. The number of benzene rings is 2. The van der Waals surface area contributed by atoms with Crippen molar-refractivity contribution in [2.75, 3.05) is 4.90 Å². The third-order valence-corrected chi connectivity index (χ3v) is 3.56. The molecule has 0 atom stereocenters. The predicted octanol–water partition coefficient (Wildman–Crippen LogP) is 3.17. The number of halogens is 1. The third-order valence-electron chi connectivity index (χ3n) is 3.56. The summed E-state index contributed by atoms with van der Waals surface area (Å²) in [6.45, 7) is 4.28. The first-order valence-electron chi connectivity index (χ1n) is 6.68. The number of nitrogens with zero attached hydrogens (tertiary/aromatic N) is 1. The van der Waals surface area contributed by atoms with Crippen LogP contribution in [0.15, 0.2) is 36.4 Å². The van der Waals surface area contributed by atoms with Crippen LogP contribution in [0.2, 0.25) is 0 Å². The first-order valence-corrected chi connectivity index (χ1v) is 6.68. The summed E-state index contributed by atoms with van der Waals surface area (Å²) in [7, 11) is 0. The highest BCUT2D eigenvalue weighted by Crippen LogP contribution is 2.31. The monoisotopic (exact) mass is 283 g/mol. The van der Waals surface area contributed by atoms with Crippen LogP contribution < -0.4 is 4.90 Å². The molecule has 0 spiro atoms. The number of carbonyl (C=O) groups is 2. The lowest BCUT2D eigenvalue weighted by atomic mass is 10.1. The van der Waals surface area contributed by atoms with Crippen molar-refractivity contribution in [1.29, 1.82) is 0 Å². The van der Waals surface area contributed by atoms with E-state index < -0.39 is 17.5 Å². The molecule has 3 rings (SSSR count). The SMILES string of the molecule is Cc1cc(C)cc(CN2C(=O)C(=O)c3cc(F)ccc32)c1. The molecule has 106 valence electrons. The van der Waals surface area contributed by atoms with E-state index in [0.717, 1.165) is 22.8 Å². The standard InChI is InChI=1S/C17H14FNO2/c1-10-5-11(2)7-12(6-10)9-19-15-4-3-13(18)8-14(15)16(20)17(19)21/h3-8H,9H2,1-2H3. The van der Waals surface area contributed by atoms with Crippen molar-refractivity contribution in [3.05, 3.63) is 64.5 Å². The summed E-state index contributed by atoms with van der Waals surface area (Å²) in [5.74, 6) is -1.76. The summed E-state index contributed by atoms with van der Waals surface area (Å²) >= 11 is 0. The van der Waals surface area contributed by atoms with Gasteiger partial charge in [0.2, 0.25) is 0 Å². The Morgan fingerprint density at radius 3 is 2.33 bits per heavy atom. The van der Waals surface area contributed by atoms with Crippen LogP contribution in [0.4, 0.5) is 10.1 Å². The maximum Gasteiger partial charge on any atom is 0.299 e. The Kier molecular flexibility index (Phi) is 3.09. The second-order valence-corrected chi connectivity index (χ2v) is 5.38. The van der Waals surface area contributed by atoms with Crippen molar-refractivity contribution in [3.63, 3.8) is 0 Å². The molecule has 0 bridgehead atoms. The average Bonchev–Trinajstić information content (AvgIpc) is 2.63. The van der Waals surface area contributed by atoms with Gasteiger partial charge < -0.3 is 4.90 Å². The van der Waals surface area contributed by atoms with Crippen LogP contribution in [-0.2, 0) is 11.3 Å². The van der Waals surface area contributed by atoms with Gasteiger partial charge in [-0.05, 0) is 37.6 Å². The van der Waals surface area contributed by atoms with E-state index in [4.69, 9.17) is 0 Å². The van der Waals surface area contributed by atoms with E-state index in [9.17, 15) is 14.0 Å². The first kappa shape index (κ1) is 13.5. The number of amides is 1. The number of anilines is 1. The van der Waals surface area contributed by atoms with Crippen LogP contribution >= 0.6 is 0 Å². The Labute approximate surface area is 122 Å². The molecule has 2 aromatic carbocycles. The molecule has 1 heterocycles. The van der Waals surface area contributed by atoms with Crippen LogP contribution in [0.3, 0.4) is 0 Å². The maximum atomic E-state index is 13.2. The third kappa shape index (κ3) is 2.33. The van der Waals surface area contributed by atoms with Crippen LogP contribution in [0.1, 0.15) is 27.0 Å². The van der Waals surface area contributed by atoms with E-state index >= 15 is 0 Å². The first-order chi connectivity index (χ1) is 9.95. The second kappa shape index (κ2) is 4.81. The number of Topliss-reactive ketones (excluding diaryl/α,β-unsaturated/α-hetero) is 1. The zero-order chi connectivity index (χ0) is 15.1. The Morgan fingerprint density at radius 2 is 1.67 bits per heavy atom. The van der Waals surface area contributed by atoms with Crippen molar-refractivity contribution in [2.45, 2.75) is 20.4 Å². The molecule has 0 radical (unpaired) electrons. The number of fused-ring (bicyclic) bond motifs is 1. The molecule has 0 saturated heterocycles. The molecule has 0 aliphatic carbocycles. The lowest BCUT2D eigenvalue weighted by molar-refractivity contribution is -0.114. The fourth-order valence-electron chi connectivity index (χ4n) is 2.77. The van der Waals surface area contributed by atoms with E-state index in [0.29, 0.717) is 12.2 Å². The minimum absolute atomic E-state index is 0.143. The Hall–Kier alpha value is -2.49. The Morgan fingerprint density at radius 1 is 1.00 bits per heavy atom. The molecule has 2 aromatic rings. The predicted molar refractivity (Wildman–Crippen MR) is 77.8 cm³/mol. The maximum absolute atomic E-state index is 13.2. The minimum Gasteiger partial charge on any atom is -0.300 e. The lowest BCUT2D eigenvalue weighted by Crippen LogP contribution is -2.29. The van der Waals surface area contributed by atoms with Gasteiger partial charge in [-0.25, -0.2) is 4.39 Å². The topological polar surface area (TPSA) is 37.4 Å². The number of ketones is 1. The molecule has 3 nitrogen and oxygen atoms in total. The fourth-order valence-corrected chi connectivity index (χ4v) is 2.77. The number of carbonyl (C=O) groups excluding carboxylic acids is 2. The van der Waals surface area contributed by atoms with E-state index in [2.05, 4.69) is 0 Å². The molecule has 0 unspecified atom stereocenters. The summed E-state index contributed by atoms with van der Waals surface area (Å²) in [5.41, 5.74) is 3.77. The minimum atomic E-state index is -0.645. The molecule has 1 aliphatic heterocycles. The van der Waals surface area contributed by atoms with Crippen LogP contribution in [0, 0.1) is 19.7 Å². The van der Waals surface area contributed by atoms with Gasteiger partial charge in [-0.15, -0.1) is 0 Å². The van der Waals surface area contributed by atoms with Crippen LogP contribution in [-0.4, -0.2) is 11.7 Å². The summed E-state index contributed by atoms with van der Waals surface area (Å²) in [6.07, 6.45) is 0. The summed E-state index contributed by atoms with van der Waals surface area (Å²) in [6, 6.07) is 9.87. The van der Waals surface area contributed by atoms with E-state index in [1.165, 1.54) is 17.0 Å². The number of aryl methyl sites for hydroxylation is 2. The van der Waals surface area contributed by atoms with E-state index in [1.807, 2.05) is 32.0 Å². The van der Waals surface area contributed by atoms with Gasteiger partial charge in [0.05, 0.1) is 17.8 Å². The molecule has 0 saturated carbocycles. The molecular formula is C17H14FNO2. The molecular weight excluding hydrogens is 269 g/mol. The highest BCUT2D eigenvalue weighted by Gasteiger charge is 2.35.